The fourth-order valence-corrected chi connectivity index (χ4v) is 1.48. The predicted molar refractivity (Wildman–Crippen MR) is 45.5 cm³/mol. The smallest absolute Gasteiger partial charge is 0.320 e. The number of rotatable bonds is 3. The fourth-order valence-electron chi connectivity index (χ4n) is 1.48. The van der Waals surface area contributed by atoms with Crippen molar-refractivity contribution >= 4 is 5.97 Å². The summed E-state index contributed by atoms with van der Waals surface area (Å²) in [6.07, 6.45) is 0. The fraction of sp³-hybridized carbons (Fsp3) is 0.875. The molecular weight excluding hydrogens is 174 g/mol. The van der Waals surface area contributed by atoms with Crippen LogP contribution in [-0.4, -0.2) is 59.5 Å². The highest BCUT2D eigenvalue weighted by molar-refractivity contribution is 5.72. The topological polar surface area (TPSA) is 70.0 Å². The van der Waals surface area contributed by atoms with Crippen LogP contribution < -0.4 is 0 Å². The van der Waals surface area contributed by atoms with Gasteiger partial charge in [0.2, 0.25) is 0 Å². The van der Waals surface area contributed by atoms with Crippen LogP contribution in [0.4, 0.5) is 0 Å². The molecule has 0 saturated carbocycles. The zero-order valence-electron chi connectivity index (χ0n) is 7.64. The summed E-state index contributed by atoms with van der Waals surface area (Å²) in [6.45, 7) is 3.08. The summed E-state index contributed by atoms with van der Waals surface area (Å²) in [7, 11) is 0. The van der Waals surface area contributed by atoms with Crippen LogP contribution in [0.3, 0.4) is 0 Å². The van der Waals surface area contributed by atoms with E-state index in [0.29, 0.717) is 19.8 Å². The van der Waals surface area contributed by atoms with E-state index >= 15 is 0 Å². The van der Waals surface area contributed by atoms with Crippen molar-refractivity contribution in [2.24, 2.45) is 0 Å². The van der Waals surface area contributed by atoms with Gasteiger partial charge in [-0.15, -0.1) is 0 Å². The Balaban J connectivity index is 2.58. The minimum absolute atomic E-state index is 0.0579. The van der Waals surface area contributed by atoms with Crippen LogP contribution >= 0.6 is 0 Å². The van der Waals surface area contributed by atoms with Gasteiger partial charge in [-0.1, -0.05) is 0 Å². The first kappa shape index (κ1) is 10.4. The molecule has 1 fully saturated rings. The normalized spacial score (nSPS) is 27.1. The van der Waals surface area contributed by atoms with Gasteiger partial charge < -0.3 is 14.9 Å². The summed E-state index contributed by atoms with van der Waals surface area (Å²) < 4.78 is 5.14. The molecule has 0 radical (unpaired) electrons. The molecule has 13 heavy (non-hydrogen) atoms. The molecule has 1 rings (SSSR count). The predicted octanol–water partition coefficient (Wildman–Crippen LogP) is -0.847. The summed E-state index contributed by atoms with van der Waals surface area (Å²) in [6, 6.07) is -0.735. The van der Waals surface area contributed by atoms with E-state index in [-0.39, 0.29) is 12.6 Å². The maximum atomic E-state index is 10.7. The Morgan fingerprint density at radius 3 is 3.00 bits per heavy atom. The van der Waals surface area contributed by atoms with E-state index < -0.39 is 12.0 Å². The number of carbonyl (C=O) groups is 1. The van der Waals surface area contributed by atoms with E-state index in [1.165, 1.54) is 0 Å². The van der Waals surface area contributed by atoms with Gasteiger partial charge in [-0.2, -0.15) is 0 Å². The van der Waals surface area contributed by atoms with Crippen LogP contribution in [0.15, 0.2) is 0 Å². The number of carboxylic acid groups (broad SMARTS) is 1. The van der Waals surface area contributed by atoms with E-state index in [1.807, 2.05) is 0 Å². The van der Waals surface area contributed by atoms with Gasteiger partial charge in [0.05, 0.1) is 25.9 Å². The zero-order chi connectivity index (χ0) is 9.84. The van der Waals surface area contributed by atoms with Gasteiger partial charge in [-0.25, -0.2) is 0 Å². The third-order valence-electron chi connectivity index (χ3n) is 2.34. The maximum Gasteiger partial charge on any atom is 0.320 e. The van der Waals surface area contributed by atoms with Crippen LogP contribution in [0.25, 0.3) is 0 Å². The van der Waals surface area contributed by atoms with E-state index in [2.05, 4.69) is 0 Å². The van der Waals surface area contributed by atoms with Crippen LogP contribution in [0.5, 0.6) is 0 Å². The van der Waals surface area contributed by atoms with Crippen molar-refractivity contribution in [2.75, 3.05) is 26.4 Å². The summed E-state index contributed by atoms with van der Waals surface area (Å²) in [5.74, 6) is -0.861. The van der Waals surface area contributed by atoms with E-state index in [1.54, 1.807) is 11.8 Å². The lowest BCUT2D eigenvalue weighted by molar-refractivity contribution is -0.147. The van der Waals surface area contributed by atoms with Gasteiger partial charge in [-0.3, -0.25) is 9.69 Å². The second kappa shape index (κ2) is 4.55. The first-order valence-electron chi connectivity index (χ1n) is 4.34. The standard InChI is InChI=1S/C8H15NO4/c1-6(8(11)12)9-2-3-13-5-7(9)4-10/h6-7,10H,2-5H2,1H3,(H,11,12). The number of aliphatic carboxylic acids is 1. The molecular formula is C8H15NO4. The maximum absolute atomic E-state index is 10.7. The van der Waals surface area contributed by atoms with Gasteiger partial charge in [0, 0.05) is 6.54 Å². The molecule has 1 heterocycles. The van der Waals surface area contributed by atoms with Crippen molar-refractivity contribution in [3.63, 3.8) is 0 Å². The third-order valence-corrected chi connectivity index (χ3v) is 2.34. The molecule has 2 N–H and O–H groups in total. The molecule has 0 aromatic rings. The number of aliphatic hydroxyl groups is 1. The number of aliphatic hydroxyl groups excluding tert-OH is 1. The molecule has 0 bridgehead atoms. The molecule has 0 aliphatic carbocycles. The Labute approximate surface area is 76.9 Å². The molecule has 1 aliphatic heterocycles. The number of morpholine rings is 1. The van der Waals surface area contributed by atoms with E-state index in [0.717, 1.165) is 0 Å². The number of nitrogens with zero attached hydrogens (tertiary/aromatic N) is 1. The quantitative estimate of drug-likeness (QED) is 0.605. The van der Waals surface area contributed by atoms with Crippen molar-refractivity contribution in [1.29, 1.82) is 0 Å². The Hall–Kier alpha value is -0.650. The molecule has 5 heteroatoms. The highest BCUT2D eigenvalue weighted by Gasteiger charge is 2.29. The van der Waals surface area contributed by atoms with E-state index in [9.17, 15) is 4.79 Å². The van der Waals surface area contributed by atoms with Crippen molar-refractivity contribution in [1.82, 2.24) is 4.90 Å². The second-order valence-electron chi connectivity index (χ2n) is 3.16. The van der Waals surface area contributed by atoms with Crippen LogP contribution in [0.2, 0.25) is 0 Å². The Bertz CT molecular complexity index is 185. The molecule has 0 aromatic carbocycles. The monoisotopic (exact) mass is 189 g/mol. The zero-order valence-corrected chi connectivity index (χ0v) is 7.64. The number of ether oxygens (including phenoxy) is 1. The van der Waals surface area contributed by atoms with Gasteiger partial charge >= 0.3 is 5.97 Å². The summed E-state index contributed by atoms with van der Waals surface area (Å²) in [5, 5.41) is 17.8. The van der Waals surface area contributed by atoms with Crippen molar-refractivity contribution in [2.45, 2.75) is 19.0 Å². The van der Waals surface area contributed by atoms with Crippen molar-refractivity contribution in [3.8, 4) is 0 Å². The van der Waals surface area contributed by atoms with Crippen LogP contribution in [-0.2, 0) is 9.53 Å². The Morgan fingerprint density at radius 2 is 2.46 bits per heavy atom. The van der Waals surface area contributed by atoms with Crippen LogP contribution in [0, 0.1) is 0 Å². The molecule has 5 nitrogen and oxygen atoms in total. The van der Waals surface area contributed by atoms with Gasteiger partial charge in [0.15, 0.2) is 0 Å². The Morgan fingerprint density at radius 1 is 1.77 bits per heavy atom. The largest absolute Gasteiger partial charge is 0.480 e. The lowest BCUT2D eigenvalue weighted by atomic mass is 10.2. The molecule has 1 saturated heterocycles. The van der Waals surface area contributed by atoms with Gasteiger partial charge in [0.25, 0.3) is 0 Å². The molecule has 0 aromatic heterocycles. The average Bonchev–Trinajstić information content (AvgIpc) is 2.16. The molecule has 2 unspecified atom stereocenters. The van der Waals surface area contributed by atoms with Crippen LogP contribution in [0.1, 0.15) is 6.92 Å². The summed E-state index contributed by atoms with van der Waals surface area (Å²) in [4.78, 5) is 12.5. The SMILES string of the molecule is CC(C(=O)O)N1CCOCC1CO. The summed E-state index contributed by atoms with van der Waals surface area (Å²) in [5.41, 5.74) is 0. The third kappa shape index (κ3) is 2.40. The van der Waals surface area contributed by atoms with Gasteiger partial charge in [0.1, 0.15) is 6.04 Å². The van der Waals surface area contributed by atoms with Crippen molar-refractivity contribution in [3.05, 3.63) is 0 Å². The average molecular weight is 189 g/mol. The van der Waals surface area contributed by atoms with Gasteiger partial charge in [-0.05, 0) is 6.92 Å². The molecule has 2 atom stereocenters. The number of carboxylic acids is 1. The Kier molecular flexibility index (Phi) is 3.65. The highest BCUT2D eigenvalue weighted by atomic mass is 16.5. The molecule has 76 valence electrons. The lowest BCUT2D eigenvalue weighted by Crippen LogP contribution is -2.53. The minimum atomic E-state index is -0.861. The highest BCUT2D eigenvalue weighted by Crippen LogP contribution is 2.10. The molecule has 1 aliphatic rings. The number of hydrogen-bond donors (Lipinski definition) is 2. The molecule has 0 spiro atoms. The second-order valence-corrected chi connectivity index (χ2v) is 3.16. The first-order valence-corrected chi connectivity index (χ1v) is 4.34. The van der Waals surface area contributed by atoms with E-state index in [4.69, 9.17) is 14.9 Å². The number of hydrogen-bond acceptors (Lipinski definition) is 4. The summed E-state index contributed by atoms with van der Waals surface area (Å²) >= 11 is 0. The van der Waals surface area contributed by atoms with Crippen molar-refractivity contribution < 1.29 is 19.7 Å². The lowest BCUT2D eigenvalue weighted by Gasteiger charge is -2.36. The molecule has 0 amide bonds. The minimum Gasteiger partial charge on any atom is -0.480 e. The first-order chi connectivity index (χ1) is 6.16.